The van der Waals surface area contributed by atoms with Crippen molar-refractivity contribution in [3.8, 4) is 0 Å². The van der Waals surface area contributed by atoms with Gasteiger partial charge in [-0.2, -0.15) is 0 Å². The zero-order chi connectivity index (χ0) is 20.9. The van der Waals surface area contributed by atoms with E-state index in [1.807, 2.05) is 6.92 Å². The Morgan fingerprint density at radius 3 is 2.57 bits per heavy atom. The fourth-order valence-electron chi connectivity index (χ4n) is 5.81. The molecular weight excluding hydrogens is 388 g/mol. The van der Waals surface area contributed by atoms with Crippen LogP contribution in [0.15, 0.2) is 0 Å². The maximum absolute atomic E-state index is 12.5. The summed E-state index contributed by atoms with van der Waals surface area (Å²) in [5, 5.41) is 22.7. The normalized spacial score (nSPS) is 55.4. The van der Waals surface area contributed by atoms with Crippen LogP contribution in [0.25, 0.3) is 0 Å². The van der Waals surface area contributed by atoms with Gasteiger partial charge in [-0.3, -0.25) is 9.59 Å². The first-order valence-corrected chi connectivity index (χ1v) is 10.4. The number of esters is 2. The summed E-state index contributed by atoms with van der Waals surface area (Å²) in [6, 6.07) is 0. The van der Waals surface area contributed by atoms with Gasteiger partial charge in [0.15, 0.2) is 0 Å². The third kappa shape index (κ3) is 2.22. The smallest absolute Gasteiger partial charge is 0.309 e. The van der Waals surface area contributed by atoms with E-state index in [0.717, 1.165) is 0 Å². The van der Waals surface area contributed by atoms with Crippen LogP contribution in [-0.4, -0.2) is 62.1 Å². The van der Waals surface area contributed by atoms with Crippen LogP contribution >= 0.6 is 11.6 Å². The second-order valence-electron chi connectivity index (χ2n) is 9.52. The van der Waals surface area contributed by atoms with Crippen LogP contribution in [-0.2, 0) is 23.8 Å². The molecule has 0 aromatic rings. The number of epoxide rings is 1. The Morgan fingerprint density at radius 1 is 1.32 bits per heavy atom. The van der Waals surface area contributed by atoms with E-state index in [2.05, 4.69) is 0 Å². The Labute approximate surface area is 169 Å². The number of hydrogen-bond donors (Lipinski definition) is 2. The number of hydrogen-bond acceptors (Lipinski definition) is 7. The molecule has 4 fully saturated rings. The molecule has 158 valence electrons. The zero-order valence-electron chi connectivity index (χ0n) is 16.9. The summed E-state index contributed by atoms with van der Waals surface area (Å²) < 4.78 is 17.4. The predicted molar refractivity (Wildman–Crippen MR) is 98.5 cm³/mol. The second-order valence-corrected chi connectivity index (χ2v) is 10.1. The van der Waals surface area contributed by atoms with Gasteiger partial charge in [-0.25, -0.2) is 0 Å². The summed E-state index contributed by atoms with van der Waals surface area (Å²) in [5.74, 6) is -2.32. The lowest BCUT2D eigenvalue weighted by atomic mass is 9.71. The van der Waals surface area contributed by atoms with Crippen molar-refractivity contribution in [2.75, 3.05) is 0 Å². The topological polar surface area (TPSA) is 106 Å². The first kappa shape index (κ1) is 20.4. The van der Waals surface area contributed by atoms with Crippen LogP contribution in [0, 0.1) is 17.8 Å². The van der Waals surface area contributed by atoms with Crippen molar-refractivity contribution in [2.45, 2.75) is 93.9 Å². The van der Waals surface area contributed by atoms with E-state index in [0.29, 0.717) is 6.42 Å². The molecule has 7 nitrogen and oxygen atoms in total. The average molecular weight is 417 g/mol. The van der Waals surface area contributed by atoms with Crippen LogP contribution in [0.2, 0.25) is 0 Å². The van der Waals surface area contributed by atoms with Gasteiger partial charge in [0.25, 0.3) is 0 Å². The highest BCUT2D eigenvalue weighted by molar-refractivity contribution is 6.27. The SMILES string of the molecule is CC[C@@H](C)C(=O)O[C@H]1C[C@@](C)(O)[C@]23O[C@H]2C[C@](C)(O)[C@]3(Cl)[C@H]2OC(=O)[C@@H](C)[C@H]12. The molecule has 8 heteroatoms. The molecule has 0 radical (unpaired) electrons. The minimum absolute atomic E-state index is 0.0539. The van der Waals surface area contributed by atoms with Crippen molar-refractivity contribution >= 4 is 23.5 Å². The van der Waals surface area contributed by atoms with E-state index in [-0.39, 0.29) is 24.7 Å². The van der Waals surface area contributed by atoms with Crippen molar-refractivity contribution in [3.63, 3.8) is 0 Å². The van der Waals surface area contributed by atoms with Gasteiger partial charge in [0, 0.05) is 18.8 Å². The van der Waals surface area contributed by atoms with Crippen LogP contribution < -0.4 is 0 Å². The number of halogens is 1. The Hall–Kier alpha value is -0.890. The first-order chi connectivity index (χ1) is 12.8. The highest BCUT2D eigenvalue weighted by Gasteiger charge is 2.90. The van der Waals surface area contributed by atoms with Crippen LogP contribution in [0.5, 0.6) is 0 Å². The Morgan fingerprint density at radius 2 is 1.96 bits per heavy atom. The van der Waals surface area contributed by atoms with E-state index in [1.165, 1.54) is 0 Å². The molecule has 0 aromatic carbocycles. The number of fused-ring (bicyclic) bond motifs is 2. The van der Waals surface area contributed by atoms with Crippen LogP contribution in [0.4, 0.5) is 0 Å². The van der Waals surface area contributed by atoms with Gasteiger partial charge in [0.05, 0.1) is 29.1 Å². The lowest BCUT2D eigenvalue weighted by Gasteiger charge is -2.46. The van der Waals surface area contributed by atoms with Gasteiger partial charge >= 0.3 is 11.9 Å². The maximum atomic E-state index is 12.5. The standard InChI is InChI=1S/C20H29ClO7/c1-6-9(2)15(22)26-11-7-18(5,25)20-12(28-20)8-17(4,24)19(20,21)14-13(11)10(3)16(23)27-14/h9-14,24-25H,6-8H2,1-5H3/t9-,10+,11+,12+,13-,14+,17+,18-,19-,20-/m1/s1. The summed E-state index contributed by atoms with van der Waals surface area (Å²) in [5.41, 5.74) is -4.17. The average Bonchev–Trinajstić information content (AvgIpc) is 3.20. The van der Waals surface area contributed by atoms with E-state index in [9.17, 15) is 19.8 Å². The summed E-state index contributed by atoms with van der Waals surface area (Å²) >= 11 is 7.11. The number of carbonyl (C=O) groups excluding carboxylic acids is 2. The molecule has 1 spiro atoms. The Balaban J connectivity index is 1.81. The van der Waals surface area contributed by atoms with E-state index < -0.39 is 57.8 Å². The van der Waals surface area contributed by atoms with Gasteiger partial charge in [-0.05, 0) is 20.3 Å². The van der Waals surface area contributed by atoms with Crippen molar-refractivity contribution in [3.05, 3.63) is 0 Å². The molecule has 10 atom stereocenters. The van der Waals surface area contributed by atoms with Crippen LogP contribution in [0.1, 0.15) is 53.9 Å². The lowest BCUT2D eigenvalue weighted by molar-refractivity contribution is -0.161. The largest absolute Gasteiger partial charge is 0.462 e. The second kappa shape index (κ2) is 5.84. The summed E-state index contributed by atoms with van der Waals surface area (Å²) in [4.78, 5) is 23.5. The summed E-state index contributed by atoms with van der Waals surface area (Å²) in [7, 11) is 0. The zero-order valence-corrected chi connectivity index (χ0v) is 17.7. The molecule has 2 saturated heterocycles. The molecule has 0 bridgehead atoms. The molecule has 2 saturated carbocycles. The number of alkyl halides is 1. The molecule has 2 N–H and O–H groups in total. The number of aliphatic hydroxyl groups is 2. The van der Waals surface area contributed by atoms with Gasteiger partial charge in [0.2, 0.25) is 0 Å². The van der Waals surface area contributed by atoms with Crippen molar-refractivity contribution in [1.29, 1.82) is 0 Å². The minimum atomic E-state index is -1.54. The predicted octanol–water partition coefficient (Wildman–Crippen LogP) is 1.55. The molecule has 4 rings (SSSR count). The highest BCUT2D eigenvalue weighted by Crippen LogP contribution is 2.72. The molecular formula is C20H29ClO7. The van der Waals surface area contributed by atoms with E-state index in [1.54, 1.807) is 27.7 Å². The fraction of sp³-hybridized carbons (Fsp3) is 0.900. The third-order valence-electron chi connectivity index (χ3n) is 7.68. The molecule has 2 aliphatic heterocycles. The quantitative estimate of drug-likeness (QED) is 0.408. The first-order valence-electron chi connectivity index (χ1n) is 10.1. The molecule has 0 unspecified atom stereocenters. The molecule has 4 aliphatic rings. The summed E-state index contributed by atoms with van der Waals surface area (Å²) in [6.07, 6.45) is -1.27. The third-order valence-corrected chi connectivity index (χ3v) is 8.58. The van der Waals surface area contributed by atoms with Gasteiger partial charge < -0.3 is 24.4 Å². The Kier molecular flexibility index (Phi) is 4.25. The van der Waals surface area contributed by atoms with E-state index in [4.69, 9.17) is 25.8 Å². The fourth-order valence-corrected chi connectivity index (χ4v) is 6.45. The molecule has 28 heavy (non-hydrogen) atoms. The molecule has 0 aromatic heterocycles. The number of carbonyl (C=O) groups is 2. The van der Waals surface area contributed by atoms with Gasteiger partial charge in [0.1, 0.15) is 22.7 Å². The number of ether oxygens (including phenoxy) is 3. The van der Waals surface area contributed by atoms with Gasteiger partial charge in [-0.1, -0.05) is 20.8 Å². The number of rotatable bonds is 3. The lowest BCUT2D eigenvalue weighted by Crippen LogP contribution is -2.66. The Bertz CT molecular complexity index is 721. The molecule has 2 heterocycles. The van der Waals surface area contributed by atoms with Crippen molar-refractivity contribution in [1.82, 2.24) is 0 Å². The van der Waals surface area contributed by atoms with Crippen molar-refractivity contribution in [2.24, 2.45) is 17.8 Å². The van der Waals surface area contributed by atoms with Gasteiger partial charge in [-0.15, -0.1) is 11.6 Å². The van der Waals surface area contributed by atoms with Crippen molar-refractivity contribution < 1.29 is 34.0 Å². The molecule has 2 aliphatic carbocycles. The monoisotopic (exact) mass is 416 g/mol. The summed E-state index contributed by atoms with van der Waals surface area (Å²) in [6.45, 7) is 8.56. The highest BCUT2D eigenvalue weighted by atomic mass is 35.5. The molecule has 0 amide bonds. The minimum Gasteiger partial charge on any atom is -0.462 e. The van der Waals surface area contributed by atoms with Crippen LogP contribution in [0.3, 0.4) is 0 Å². The van der Waals surface area contributed by atoms with E-state index >= 15 is 0 Å². The maximum Gasteiger partial charge on any atom is 0.309 e.